The molecule has 13 heavy (non-hydrogen) atoms. The SMILES string of the molecule is C=CC(=O)OC(C)[Si](C)(OC)OC. The second kappa shape index (κ2) is 5.16. The maximum Gasteiger partial charge on any atom is 0.376 e. The third kappa shape index (κ3) is 3.29. The van der Waals surface area contributed by atoms with E-state index >= 15 is 0 Å². The van der Waals surface area contributed by atoms with E-state index in [9.17, 15) is 4.79 Å². The van der Waals surface area contributed by atoms with Crippen molar-refractivity contribution in [3.63, 3.8) is 0 Å². The molecule has 0 N–H and O–H groups in total. The molecule has 4 nitrogen and oxygen atoms in total. The van der Waals surface area contributed by atoms with Gasteiger partial charge in [0.15, 0.2) is 0 Å². The number of hydrogen-bond donors (Lipinski definition) is 0. The molecular formula is C8H16O4Si. The minimum absolute atomic E-state index is 0.354. The molecular weight excluding hydrogens is 188 g/mol. The number of hydrogen-bond acceptors (Lipinski definition) is 4. The van der Waals surface area contributed by atoms with Crippen LogP contribution in [0, 0.1) is 0 Å². The summed E-state index contributed by atoms with van der Waals surface area (Å²) in [5, 5.41) is 0. The van der Waals surface area contributed by atoms with Crippen molar-refractivity contribution in [2.45, 2.75) is 19.2 Å². The van der Waals surface area contributed by atoms with E-state index in [4.69, 9.17) is 13.6 Å². The zero-order valence-corrected chi connectivity index (χ0v) is 9.49. The Morgan fingerprint density at radius 2 is 1.92 bits per heavy atom. The van der Waals surface area contributed by atoms with E-state index in [0.717, 1.165) is 6.08 Å². The maximum absolute atomic E-state index is 10.9. The predicted molar refractivity (Wildman–Crippen MR) is 51.4 cm³/mol. The minimum Gasteiger partial charge on any atom is -0.458 e. The molecule has 5 heteroatoms. The van der Waals surface area contributed by atoms with Crippen molar-refractivity contribution in [3.8, 4) is 0 Å². The van der Waals surface area contributed by atoms with Gasteiger partial charge in [-0.25, -0.2) is 4.79 Å². The van der Waals surface area contributed by atoms with Gasteiger partial charge in [0, 0.05) is 20.3 Å². The van der Waals surface area contributed by atoms with Crippen LogP contribution < -0.4 is 0 Å². The molecule has 0 saturated carbocycles. The smallest absolute Gasteiger partial charge is 0.376 e. The van der Waals surface area contributed by atoms with Crippen LogP contribution in [0.2, 0.25) is 6.55 Å². The third-order valence-electron chi connectivity index (χ3n) is 2.01. The molecule has 0 radical (unpaired) electrons. The van der Waals surface area contributed by atoms with E-state index in [2.05, 4.69) is 6.58 Å². The van der Waals surface area contributed by atoms with Gasteiger partial charge in [-0.2, -0.15) is 0 Å². The van der Waals surface area contributed by atoms with Crippen LogP contribution in [0.5, 0.6) is 0 Å². The van der Waals surface area contributed by atoms with Crippen LogP contribution in [0.15, 0.2) is 12.7 Å². The standard InChI is InChI=1S/C8H16O4Si/c1-6-8(9)12-7(2)13(5,10-3)11-4/h6-7H,1H2,2-5H3. The molecule has 0 fully saturated rings. The number of esters is 1. The average molecular weight is 204 g/mol. The molecule has 0 spiro atoms. The van der Waals surface area contributed by atoms with Crippen molar-refractivity contribution < 1.29 is 18.4 Å². The summed E-state index contributed by atoms with van der Waals surface area (Å²) in [6.45, 7) is 6.88. The topological polar surface area (TPSA) is 44.8 Å². The first-order chi connectivity index (χ1) is 6.00. The Labute approximate surface area is 79.7 Å². The summed E-state index contributed by atoms with van der Waals surface area (Å²) in [5.74, 6) is -0.458. The Hall–Kier alpha value is -0.653. The fourth-order valence-corrected chi connectivity index (χ4v) is 1.91. The lowest BCUT2D eigenvalue weighted by Gasteiger charge is -2.28. The quantitative estimate of drug-likeness (QED) is 0.381. The summed E-state index contributed by atoms with van der Waals surface area (Å²) >= 11 is 0. The predicted octanol–water partition coefficient (Wildman–Crippen LogP) is 1.01. The Morgan fingerprint density at radius 1 is 1.46 bits per heavy atom. The molecule has 1 atom stereocenters. The lowest BCUT2D eigenvalue weighted by atomic mass is 10.6. The zero-order chi connectivity index (χ0) is 10.5. The van der Waals surface area contributed by atoms with Gasteiger partial charge in [-0.15, -0.1) is 0 Å². The van der Waals surface area contributed by atoms with E-state index in [1.807, 2.05) is 6.55 Å². The van der Waals surface area contributed by atoms with Gasteiger partial charge in [0.1, 0.15) is 5.73 Å². The van der Waals surface area contributed by atoms with Gasteiger partial charge in [0.25, 0.3) is 0 Å². The van der Waals surface area contributed by atoms with Gasteiger partial charge >= 0.3 is 14.5 Å². The van der Waals surface area contributed by atoms with Crippen LogP contribution in [-0.4, -0.2) is 34.5 Å². The number of carbonyl (C=O) groups is 1. The third-order valence-corrected chi connectivity index (χ3v) is 5.22. The Morgan fingerprint density at radius 3 is 2.23 bits per heavy atom. The highest BCUT2D eigenvalue weighted by molar-refractivity contribution is 6.67. The van der Waals surface area contributed by atoms with Gasteiger partial charge in [-0.05, 0) is 13.5 Å². The van der Waals surface area contributed by atoms with Gasteiger partial charge in [0.2, 0.25) is 0 Å². The monoisotopic (exact) mass is 204 g/mol. The van der Waals surface area contributed by atoms with Crippen LogP contribution >= 0.6 is 0 Å². The fraction of sp³-hybridized carbons (Fsp3) is 0.625. The van der Waals surface area contributed by atoms with Crippen molar-refractivity contribution in [1.82, 2.24) is 0 Å². The summed E-state index contributed by atoms with van der Waals surface area (Å²) < 4.78 is 15.4. The van der Waals surface area contributed by atoms with Gasteiger partial charge in [-0.1, -0.05) is 6.58 Å². The second-order valence-electron chi connectivity index (χ2n) is 2.71. The van der Waals surface area contributed by atoms with Crippen molar-refractivity contribution in [2.24, 2.45) is 0 Å². The highest BCUT2D eigenvalue weighted by Gasteiger charge is 2.39. The van der Waals surface area contributed by atoms with Crippen LogP contribution in [0.4, 0.5) is 0 Å². The zero-order valence-electron chi connectivity index (χ0n) is 8.49. The molecule has 0 aliphatic carbocycles. The largest absolute Gasteiger partial charge is 0.458 e. The van der Waals surface area contributed by atoms with Crippen LogP contribution in [0.25, 0.3) is 0 Å². The summed E-state index contributed by atoms with van der Waals surface area (Å²) in [7, 11) is 0.729. The Kier molecular flexibility index (Phi) is 4.90. The van der Waals surface area contributed by atoms with Crippen molar-refractivity contribution in [1.29, 1.82) is 0 Å². The second-order valence-corrected chi connectivity index (χ2v) is 6.37. The first-order valence-electron chi connectivity index (χ1n) is 3.93. The molecule has 0 heterocycles. The van der Waals surface area contributed by atoms with Gasteiger partial charge in [-0.3, -0.25) is 0 Å². The highest BCUT2D eigenvalue weighted by Crippen LogP contribution is 2.13. The van der Waals surface area contributed by atoms with E-state index in [1.165, 1.54) is 0 Å². The Balaban J connectivity index is 4.29. The molecule has 0 rings (SSSR count). The molecule has 0 saturated heterocycles. The molecule has 0 aliphatic heterocycles. The van der Waals surface area contributed by atoms with E-state index in [1.54, 1.807) is 21.1 Å². The van der Waals surface area contributed by atoms with Gasteiger partial charge in [0.05, 0.1) is 0 Å². The molecule has 0 aliphatic rings. The normalized spacial score (nSPS) is 13.5. The van der Waals surface area contributed by atoms with Crippen molar-refractivity contribution >= 4 is 14.5 Å². The van der Waals surface area contributed by atoms with Gasteiger partial charge < -0.3 is 13.6 Å². The van der Waals surface area contributed by atoms with Crippen LogP contribution in [-0.2, 0) is 18.4 Å². The lowest BCUT2D eigenvalue weighted by molar-refractivity contribution is -0.140. The summed E-state index contributed by atoms with van der Waals surface area (Å²) in [5.41, 5.74) is -0.354. The molecule has 0 aromatic heterocycles. The molecule has 76 valence electrons. The van der Waals surface area contributed by atoms with E-state index < -0.39 is 14.5 Å². The van der Waals surface area contributed by atoms with Crippen LogP contribution in [0.3, 0.4) is 0 Å². The first-order valence-corrected chi connectivity index (χ1v) is 6.33. The van der Waals surface area contributed by atoms with Crippen molar-refractivity contribution in [2.75, 3.05) is 14.2 Å². The average Bonchev–Trinajstić information content (AvgIpc) is 2.16. The van der Waals surface area contributed by atoms with Crippen molar-refractivity contribution in [3.05, 3.63) is 12.7 Å². The molecule has 0 bridgehead atoms. The van der Waals surface area contributed by atoms with E-state index in [-0.39, 0.29) is 5.73 Å². The number of ether oxygens (including phenoxy) is 1. The number of rotatable bonds is 5. The van der Waals surface area contributed by atoms with E-state index in [0.29, 0.717) is 0 Å². The fourth-order valence-electron chi connectivity index (χ4n) is 0.745. The van der Waals surface area contributed by atoms with Crippen LogP contribution in [0.1, 0.15) is 6.92 Å². The maximum atomic E-state index is 10.9. The summed E-state index contributed by atoms with van der Waals surface area (Å²) in [4.78, 5) is 10.9. The minimum atomic E-state index is -2.37. The molecule has 0 amide bonds. The first kappa shape index (κ1) is 12.3. The number of carbonyl (C=O) groups excluding carboxylic acids is 1. The molecule has 1 unspecified atom stereocenters. The summed E-state index contributed by atoms with van der Waals surface area (Å²) in [6, 6.07) is 0. The summed E-state index contributed by atoms with van der Waals surface area (Å²) in [6.07, 6.45) is 1.12. The lowest BCUT2D eigenvalue weighted by Crippen LogP contribution is -2.49. The molecule has 0 aromatic rings. The highest BCUT2D eigenvalue weighted by atomic mass is 28.4. The Bertz CT molecular complexity index is 189. The molecule has 0 aromatic carbocycles.